The third-order valence-corrected chi connectivity index (χ3v) is 2.45. The molecular weight excluding hydrogens is 262 g/mol. The minimum atomic E-state index is -1.14. The van der Waals surface area contributed by atoms with Crippen LogP contribution in [0, 0.1) is 0 Å². The number of para-hydroxylation sites is 1. The molecular formula is C14H19NO5. The Morgan fingerprint density at radius 2 is 1.85 bits per heavy atom. The summed E-state index contributed by atoms with van der Waals surface area (Å²) >= 11 is 0. The molecule has 0 aliphatic carbocycles. The van der Waals surface area contributed by atoms with Gasteiger partial charge in [-0.2, -0.15) is 0 Å². The van der Waals surface area contributed by atoms with E-state index in [-0.39, 0.29) is 11.3 Å². The van der Waals surface area contributed by atoms with Gasteiger partial charge in [-0.25, -0.2) is 9.59 Å². The molecule has 1 amide bonds. The first-order valence-electron chi connectivity index (χ1n) is 6.04. The summed E-state index contributed by atoms with van der Waals surface area (Å²) in [4.78, 5) is 24.5. The molecule has 1 rings (SSSR count). The largest absolute Gasteiger partial charge is 0.495 e. The number of carboxylic acid groups (broad SMARTS) is 1. The normalized spacial score (nSPS) is 10.8. The number of carboxylic acids is 1. The predicted molar refractivity (Wildman–Crippen MR) is 74.6 cm³/mol. The van der Waals surface area contributed by atoms with Gasteiger partial charge in [0.25, 0.3) is 0 Å². The summed E-state index contributed by atoms with van der Waals surface area (Å²) < 4.78 is 10.4. The molecule has 0 fully saturated rings. The van der Waals surface area contributed by atoms with Crippen LogP contribution in [0.5, 0.6) is 5.75 Å². The topological polar surface area (TPSA) is 76.1 Å². The van der Waals surface area contributed by atoms with Crippen molar-refractivity contribution >= 4 is 17.7 Å². The lowest BCUT2D eigenvalue weighted by molar-refractivity contribution is 0.0588. The molecule has 0 aliphatic heterocycles. The maximum atomic E-state index is 12.1. The lowest BCUT2D eigenvalue weighted by Gasteiger charge is -2.26. The van der Waals surface area contributed by atoms with E-state index in [1.807, 2.05) is 0 Å². The van der Waals surface area contributed by atoms with Crippen molar-refractivity contribution in [2.24, 2.45) is 0 Å². The smallest absolute Gasteiger partial charge is 0.414 e. The van der Waals surface area contributed by atoms with E-state index in [4.69, 9.17) is 9.47 Å². The Labute approximate surface area is 117 Å². The van der Waals surface area contributed by atoms with E-state index < -0.39 is 17.7 Å². The molecule has 0 spiro atoms. The van der Waals surface area contributed by atoms with Crippen LogP contribution in [0.3, 0.4) is 0 Å². The van der Waals surface area contributed by atoms with Gasteiger partial charge in [-0.1, -0.05) is 6.07 Å². The Morgan fingerprint density at radius 3 is 2.30 bits per heavy atom. The average Bonchev–Trinajstić information content (AvgIpc) is 2.34. The number of nitrogens with zero attached hydrogens (tertiary/aromatic N) is 1. The van der Waals surface area contributed by atoms with Gasteiger partial charge in [0.05, 0.1) is 12.7 Å². The number of hydrogen-bond donors (Lipinski definition) is 1. The predicted octanol–water partition coefficient (Wildman–Crippen LogP) is 2.76. The van der Waals surface area contributed by atoms with E-state index in [9.17, 15) is 14.7 Å². The zero-order valence-electron chi connectivity index (χ0n) is 12.3. The maximum Gasteiger partial charge on any atom is 0.414 e. The number of methoxy groups -OCH3 is 1. The maximum absolute atomic E-state index is 12.1. The summed E-state index contributed by atoms with van der Waals surface area (Å²) in [5, 5.41) is 9.21. The molecule has 0 radical (unpaired) electrons. The van der Waals surface area contributed by atoms with Gasteiger partial charge in [0.15, 0.2) is 0 Å². The number of ether oxygens (including phenoxy) is 2. The molecule has 110 valence electrons. The van der Waals surface area contributed by atoms with Crippen LogP contribution in [-0.2, 0) is 4.74 Å². The number of carbonyl (C=O) groups is 2. The Balaban J connectivity index is 3.23. The van der Waals surface area contributed by atoms with Gasteiger partial charge in [0, 0.05) is 7.05 Å². The van der Waals surface area contributed by atoms with E-state index in [2.05, 4.69) is 0 Å². The number of rotatable bonds is 3. The minimum Gasteiger partial charge on any atom is -0.495 e. The minimum absolute atomic E-state index is 0.0299. The van der Waals surface area contributed by atoms with Crippen molar-refractivity contribution in [1.29, 1.82) is 0 Å². The standard InChI is InChI=1S/C14H19NO5/c1-14(2,3)20-13(18)15(4)11-9(12(16)17)7-6-8-10(11)19-5/h6-8H,1-5H3,(H,16,17). The van der Waals surface area contributed by atoms with Crippen LogP contribution in [0.15, 0.2) is 18.2 Å². The van der Waals surface area contributed by atoms with Crippen LogP contribution in [0.25, 0.3) is 0 Å². The first kappa shape index (κ1) is 15.8. The summed E-state index contributed by atoms with van der Waals surface area (Å²) in [6.07, 6.45) is -0.649. The summed E-state index contributed by atoms with van der Waals surface area (Å²) in [7, 11) is 2.85. The third-order valence-electron chi connectivity index (χ3n) is 2.45. The first-order valence-corrected chi connectivity index (χ1v) is 6.04. The number of anilines is 1. The molecule has 0 aromatic heterocycles. The van der Waals surface area contributed by atoms with Crippen molar-refractivity contribution in [1.82, 2.24) is 0 Å². The zero-order valence-corrected chi connectivity index (χ0v) is 12.3. The average molecular weight is 281 g/mol. The molecule has 1 aromatic rings. The van der Waals surface area contributed by atoms with Crippen LogP contribution in [-0.4, -0.2) is 36.9 Å². The van der Waals surface area contributed by atoms with Crippen molar-refractivity contribution < 1.29 is 24.2 Å². The Kier molecular flexibility index (Phi) is 4.60. The number of hydrogen-bond acceptors (Lipinski definition) is 4. The van der Waals surface area contributed by atoms with Crippen molar-refractivity contribution in [2.75, 3.05) is 19.1 Å². The molecule has 20 heavy (non-hydrogen) atoms. The van der Waals surface area contributed by atoms with Gasteiger partial charge in [-0.15, -0.1) is 0 Å². The zero-order chi connectivity index (χ0) is 15.5. The number of aromatic carboxylic acids is 1. The van der Waals surface area contributed by atoms with E-state index in [1.165, 1.54) is 20.2 Å². The van der Waals surface area contributed by atoms with E-state index in [0.29, 0.717) is 5.75 Å². The lowest BCUT2D eigenvalue weighted by Crippen LogP contribution is -2.35. The molecule has 0 unspecified atom stereocenters. The fourth-order valence-corrected chi connectivity index (χ4v) is 1.63. The van der Waals surface area contributed by atoms with Crippen LogP contribution >= 0.6 is 0 Å². The van der Waals surface area contributed by atoms with Crippen molar-refractivity contribution in [3.63, 3.8) is 0 Å². The Morgan fingerprint density at radius 1 is 1.25 bits per heavy atom. The Bertz CT molecular complexity index is 519. The lowest BCUT2D eigenvalue weighted by atomic mass is 10.1. The van der Waals surface area contributed by atoms with Gasteiger partial charge in [0.1, 0.15) is 17.0 Å². The first-order chi connectivity index (χ1) is 9.17. The van der Waals surface area contributed by atoms with Crippen LogP contribution < -0.4 is 9.64 Å². The fourth-order valence-electron chi connectivity index (χ4n) is 1.63. The Hall–Kier alpha value is -2.24. The fraction of sp³-hybridized carbons (Fsp3) is 0.429. The molecule has 0 atom stereocenters. The second-order valence-electron chi connectivity index (χ2n) is 5.20. The third kappa shape index (κ3) is 3.63. The highest BCUT2D eigenvalue weighted by atomic mass is 16.6. The molecule has 0 bridgehead atoms. The van der Waals surface area contributed by atoms with Crippen molar-refractivity contribution in [3.05, 3.63) is 23.8 Å². The summed E-state index contributed by atoms with van der Waals surface area (Å²) in [6.45, 7) is 5.21. The molecule has 1 aromatic carbocycles. The van der Waals surface area contributed by atoms with Crippen LogP contribution in [0.2, 0.25) is 0 Å². The molecule has 6 heteroatoms. The van der Waals surface area contributed by atoms with Gasteiger partial charge in [0.2, 0.25) is 0 Å². The van der Waals surface area contributed by atoms with Crippen LogP contribution in [0.4, 0.5) is 10.5 Å². The molecule has 1 N–H and O–H groups in total. The molecule has 0 heterocycles. The van der Waals surface area contributed by atoms with Gasteiger partial charge in [-0.3, -0.25) is 4.90 Å². The summed E-state index contributed by atoms with van der Waals surface area (Å²) in [5.41, 5.74) is -0.536. The second kappa shape index (κ2) is 5.81. The number of carbonyl (C=O) groups excluding carboxylic acids is 1. The van der Waals surface area contributed by atoms with E-state index in [1.54, 1.807) is 32.9 Å². The molecule has 0 saturated heterocycles. The van der Waals surface area contributed by atoms with Gasteiger partial charge >= 0.3 is 12.1 Å². The van der Waals surface area contributed by atoms with Gasteiger partial charge in [-0.05, 0) is 32.9 Å². The highest BCUT2D eigenvalue weighted by molar-refractivity contribution is 6.01. The van der Waals surface area contributed by atoms with Crippen LogP contribution in [0.1, 0.15) is 31.1 Å². The quantitative estimate of drug-likeness (QED) is 0.921. The molecule has 0 saturated carbocycles. The van der Waals surface area contributed by atoms with Gasteiger partial charge < -0.3 is 14.6 Å². The molecule has 0 aliphatic rings. The van der Waals surface area contributed by atoms with Crippen molar-refractivity contribution in [2.45, 2.75) is 26.4 Å². The monoisotopic (exact) mass is 281 g/mol. The SMILES string of the molecule is COc1cccc(C(=O)O)c1N(C)C(=O)OC(C)(C)C. The molecule has 6 nitrogen and oxygen atoms in total. The van der Waals surface area contributed by atoms with E-state index >= 15 is 0 Å². The van der Waals surface area contributed by atoms with Crippen molar-refractivity contribution in [3.8, 4) is 5.75 Å². The number of benzene rings is 1. The second-order valence-corrected chi connectivity index (χ2v) is 5.20. The summed E-state index contributed by atoms with van der Waals surface area (Å²) in [5.74, 6) is -0.854. The van der Waals surface area contributed by atoms with E-state index in [0.717, 1.165) is 4.90 Å². The number of amides is 1. The summed E-state index contributed by atoms with van der Waals surface area (Å²) in [6, 6.07) is 4.54. The highest BCUT2D eigenvalue weighted by Gasteiger charge is 2.26. The highest BCUT2D eigenvalue weighted by Crippen LogP contribution is 2.32.